The highest BCUT2D eigenvalue weighted by molar-refractivity contribution is 5.94. The van der Waals surface area contributed by atoms with Crippen molar-refractivity contribution in [2.45, 2.75) is 51.1 Å². The Morgan fingerprint density at radius 3 is 2.28 bits per heavy atom. The number of rotatable bonds is 6. The Labute approximate surface area is 155 Å². The minimum Gasteiger partial charge on any atom is -0.354 e. The van der Waals surface area contributed by atoms with Gasteiger partial charge in [-0.05, 0) is 50.7 Å². The second-order valence-corrected chi connectivity index (χ2v) is 7.15. The van der Waals surface area contributed by atoms with Gasteiger partial charge in [-0.3, -0.25) is 9.59 Å². The highest BCUT2D eigenvalue weighted by Gasteiger charge is 2.34. The molecule has 3 N–H and O–H groups in total. The molecule has 3 rings (SSSR count). The Balaban J connectivity index is 0.00000225. The number of nitrogens with one attached hydrogen (secondary N) is 3. The lowest BCUT2D eigenvalue weighted by Crippen LogP contribution is -2.40. The fourth-order valence-electron chi connectivity index (χ4n) is 3.86. The summed E-state index contributed by atoms with van der Waals surface area (Å²) in [5.41, 5.74) is 1.78. The lowest BCUT2D eigenvalue weighted by molar-refractivity contribution is -0.122. The van der Waals surface area contributed by atoms with Gasteiger partial charge in [0.1, 0.15) is 0 Å². The summed E-state index contributed by atoms with van der Waals surface area (Å²) in [4.78, 5) is 24.0. The maximum absolute atomic E-state index is 12.1. The van der Waals surface area contributed by atoms with Gasteiger partial charge in [-0.15, -0.1) is 12.4 Å². The van der Waals surface area contributed by atoms with Crippen LogP contribution in [0.4, 0.5) is 0 Å². The van der Waals surface area contributed by atoms with Gasteiger partial charge >= 0.3 is 0 Å². The second kappa shape index (κ2) is 9.20. The number of halogens is 1. The third-order valence-corrected chi connectivity index (χ3v) is 5.09. The first-order valence-corrected chi connectivity index (χ1v) is 8.98. The van der Waals surface area contributed by atoms with Crippen molar-refractivity contribution in [3.05, 3.63) is 35.4 Å². The van der Waals surface area contributed by atoms with E-state index >= 15 is 0 Å². The minimum absolute atomic E-state index is 0. The molecule has 0 radical (unpaired) electrons. The molecule has 2 amide bonds. The average molecular weight is 366 g/mol. The number of amides is 2. The minimum atomic E-state index is -0.0980. The van der Waals surface area contributed by atoms with Gasteiger partial charge in [0.2, 0.25) is 5.91 Å². The number of carbonyl (C=O) groups is 2. The SMILES string of the molecule is Cc1ccc(C(=O)NCCNC(=O)CC2CC3CCC(C2)N3)cc1.Cl. The number of benzene rings is 1. The van der Waals surface area contributed by atoms with Crippen molar-refractivity contribution in [3.8, 4) is 0 Å². The molecule has 2 bridgehead atoms. The summed E-state index contributed by atoms with van der Waals surface area (Å²) < 4.78 is 0. The molecule has 25 heavy (non-hydrogen) atoms. The molecule has 1 aromatic carbocycles. The number of hydrogen-bond donors (Lipinski definition) is 3. The van der Waals surface area contributed by atoms with Gasteiger partial charge in [0.05, 0.1) is 0 Å². The van der Waals surface area contributed by atoms with Gasteiger partial charge in [-0.25, -0.2) is 0 Å². The van der Waals surface area contributed by atoms with Crippen LogP contribution >= 0.6 is 12.4 Å². The van der Waals surface area contributed by atoms with Crippen molar-refractivity contribution >= 4 is 24.2 Å². The first-order valence-electron chi connectivity index (χ1n) is 8.98. The standard InChI is InChI=1S/C19H27N3O2.ClH/c1-13-2-4-15(5-3-13)19(24)21-9-8-20-18(23)12-14-10-16-6-7-17(11-14)22-16;/h2-5,14,16-17,22H,6-12H2,1H3,(H,20,23)(H,21,24);1H. The Morgan fingerprint density at radius 2 is 1.64 bits per heavy atom. The van der Waals surface area contributed by atoms with E-state index in [4.69, 9.17) is 0 Å². The van der Waals surface area contributed by atoms with Gasteiger partial charge < -0.3 is 16.0 Å². The van der Waals surface area contributed by atoms with E-state index in [-0.39, 0.29) is 24.2 Å². The van der Waals surface area contributed by atoms with E-state index in [1.54, 1.807) is 0 Å². The number of fused-ring (bicyclic) bond motifs is 2. The summed E-state index contributed by atoms with van der Waals surface area (Å²) in [6.45, 7) is 2.93. The lowest BCUT2D eigenvalue weighted by Gasteiger charge is -2.28. The molecule has 0 saturated carbocycles. The molecule has 2 atom stereocenters. The quantitative estimate of drug-likeness (QED) is 0.677. The molecule has 0 aliphatic carbocycles. The number of piperidine rings is 1. The third-order valence-electron chi connectivity index (χ3n) is 5.09. The van der Waals surface area contributed by atoms with Crippen LogP contribution in [0.25, 0.3) is 0 Å². The molecule has 2 heterocycles. The first-order chi connectivity index (χ1) is 11.6. The fraction of sp³-hybridized carbons (Fsp3) is 0.579. The molecule has 6 heteroatoms. The summed E-state index contributed by atoms with van der Waals surface area (Å²) in [7, 11) is 0. The third kappa shape index (κ3) is 5.72. The van der Waals surface area contributed by atoms with Crippen molar-refractivity contribution in [1.29, 1.82) is 0 Å². The number of hydrogen-bond acceptors (Lipinski definition) is 3. The van der Waals surface area contributed by atoms with E-state index in [1.807, 2.05) is 31.2 Å². The smallest absolute Gasteiger partial charge is 0.251 e. The van der Waals surface area contributed by atoms with Crippen molar-refractivity contribution in [2.75, 3.05) is 13.1 Å². The van der Waals surface area contributed by atoms with Crippen LogP contribution in [-0.2, 0) is 4.79 Å². The Kier molecular flexibility index (Phi) is 7.26. The Bertz CT molecular complexity index is 579. The zero-order chi connectivity index (χ0) is 16.9. The van der Waals surface area contributed by atoms with Crippen LogP contribution in [-0.4, -0.2) is 37.0 Å². The molecule has 138 valence electrons. The molecule has 5 nitrogen and oxygen atoms in total. The van der Waals surface area contributed by atoms with Crippen LogP contribution in [0.2, 0.25) is 0 Å². The van der Waals surface area contributed by atoms with Crippen LogP contribution in [0.5, 0.6) is 0 Å². The van der Waals surface area contributed by atoms with Crippen LogP contribution < -0.4 is 16.0 Å². The number of aryl methyl sites for hydroxylation is 1. The predicted octanol–water partition coefficient (Wildman–Crippen LogP) is 2.18. The van der Waals surface area contributed by atoms with E-state index in [0.29, 0.717) is 43.1 Å². The van der Waals surface area contributed by atoms with Gasteiger partial charge in [0, 0.05) is 37.2 Å². The summed E-state index contributed by atoms with van der Waals surface area (Å²) in [6.07, 6.45) is 5.37. The first kappa shape index (κ1) is 19.7. The topological polar surface area (TPSA) is 70.2 Å². The summed E-state index contributed by atoms with van der Waals surface area (Å²) in [6, 6.07) is 8.71. The highest BCUT2D eigenvalue weighted by atomic mass is 35.5. The normalized spacial score (nSPS) is 24.3. The maximum Gasteiger partial charge on any atom is 0.251 e. The van der Waals surface area contributed by atoms with Crippen molar-refractivity contribution < 1.29 is 9.59 Å². The molecule has 1 aromatic rings. The molecular weight excluding hydrogens is 338 g/mol. The van der Waals surface area contributed by atoms with Crippen LogP contribution in [0, 0.1) is 12.8 Å². The van der Waals surface area contributed by atoms with E-state index in [1.165, 1.54) is 12.8 Å². The van der Waals surface area contributed by atoms with Crippen LogP contribution in [0.1, 0.15) is 48.0 Å². The second-order valence-electron chi connectivity index (χ2n) is 7.15. The summed E-state index contributed by atoms with van der Waals surface area (Å²) in [5.74, 6) is 0.510. The van der Waals surface area contributed by atoms with E-state index in [2.05, 4.69) is 16.0 Å². The zero-order valence-corrected chi connectivity index (χ0v) is 15.5. The molecule has 2 fully saturated rings. The van der Waals surface area contributed by atoms with Crippen molar-refractivity contribution in [1.82, 2.24) is 16.0 Å². The van der Waals surface area contributed by atoms with Gasteiger partial charge in [-0.2, -0.15) is 0 Å². The monoisotopic (exact) mass is 365 g/mol. The number of carbonyl (C=O) groups excluding carboxylic acids is 2. The molecular formula is C19H28ClN3O2. The Hall–Kier alpha value is -1.59. The lowest BCUT2D eigenvalue weighted by atomic mass is 9.89. The van der Waals surface area contributed by atoms with E-state index in [0.717, 1.165) is 18.4 Å². The van der Waals surface area contributed by atoms with Crippen molar-refractivity contribution in [2.24, 2.45) is 5.92 Å². The van der Waals surface area contributed by atoms with Crippen LogP contribution in [0.3, 0.4) is 0 Å². The molecule has 2 saturated heterocycles. The zero-order valence-electron chi connectivity index (χ0n) is 14.7. The molecule has 2 aliphatic rings. The summed E-state index contributed by atoms with van der Waals surface area (Å²) in [5, 5.41) is 9.36. The van der Waals surface area contributed by atoms with Crippen LogP contribution in [0.15, 0.2) is 24.3 Å². The van der Waals surface area contributed by atoms with Crippen molar-refractivity contribution in [3.63, 3.8) is 0 Å². The molecule has 2 aliphatic heterocycles. The fourth-order valence-corrected chi connectivity index (χ4v) is 3.86. The predicted molar refractivity (Wildman–Crippen MR) is 101 cm³/mol. The maximum atomic E-state index is 12.1. The van der Waals surface area contributed by atoms with Gasteiger partial charge in [0.25, 0.3) is 5.91 Å². The molecule has 0 aromatic heterocycles. The van der Waals surface area contributed by atoms with E-state index < -0.39 is 0 Å². The molecule has 0 spiro atoms. The molecule has 2 unspecified atom stereocenters. The average Bonchev–Trinajstić information content (AvgIpc) is 2.90. The van der Waals surface area contributed by atoms with Gasteiger partial charge in [-0.1, -0.05) is 17.7 Å². The van der Waals surface area contributed by atoms with Gasteiger partial charge in [0.15, 0.2) is 0 Å². The largest absolute Gasteiger partial charge is 0.354 e. The highest BCUT2D eigenvalue weighted by Crippen LogP contribution is 2.32. The summed E-state index contributed by atoms with van der Waals surface area (Å²) >= 11 is 0. The Morgan fingerprint density at radius 1 is 1.04 bits per heavy atom. The van der Waals surface area contributed by atoms with E-state index in [9.17, 15) is 9.59 Å².